The van der Waals surface area contributed by atoms with Gasteiger partial charge >= 0.3 is 6.61 Å². The number of para-hydroxylation sites is 2. The summed E-state index contributed by atoms with van der Waals surface area (Å²) in [6.07, 6.45) is 3.12. The van der Waals surface area contributed by atoms with Gasteiger partial charge in [-0.25, -0.2) is 4.98 Å². The lowest BCUT2D eigenvalue weighted by molar-refractivity contribution is -0.0498. The molecule has 0 saturated carbocycles. The highest BCUT2D eigenvalue weighted by atomic mass is 19.3. The van der Waals surface area contributed by atoms with Crippen molar-refractivity contribution in [2.75, 3.05) is 0 Å². The number of halogens is 2. The molecule has 1 heterocycles. The van der Waals surface area contributed by atoms with E-state index in [1.807, 2.05) is 0 Å². The summed E-state index contributed by atoms with van der Waals surface area (Å²) >= 11 is 0. The normalized spacial score (nSPS) is 12.7. The molecule has 1 atom stereocenters. The smallest absolute Gasteiger partial charge is 0.387 e. The van der Waals surface area contributed by atoms with Crippen LogP contribution in [0.4, 0.5) is 8.78 Å². The van der Waals surface area contributed by atoms with Gasteiger partial charge in [-0.3, -0.25) is 4.57 Å². The SMILES string of the molecule is C[C@@H](N)c1cncn1-c1ccccc1OC(F)F. The van der Waals surface area contributed by atoms with E-state index in [9.17, 15) is 8.78 Å². The van der Waals surface area contributed by atoms with Crippen molar-refractivity contribution in [2.24, 2.45) is 5.73 Å². The predicted octanol–water partition coefficient (Wildman–Crippen LogP) is 2.49. The van der Waals surface area contributed by atoms with Crippen molar-refractivity contribution in [3.05, 3.63) is 42.5 Å². The van der Waals surface area contributed by atoms with Gasteiger partial charge in [0.2, 0.25) is 0 Å². The van der Waals surface area contributed by atoms with E-state index in [0.29, 0.717) is 5.69 Å². The molecule has 1 aromatic heterocycles. The van der Waals surface area contributed by atoms with Crippen LogP contribution in [0.5, 0.6) is 5.75 Å². The first kappa shape index (κ1) is 12.5. The average molecular weight is 253 g/mol. The van der Waals surface area contributed by atoms with Crippen LogP contribution in [-0.2, 0) is 0 Å². The largest absolute Gasteiger partial charge is 0.433 e. The monoisotopic (exact) mass is 253 g/mol. The van der Waals surface area contributed by atoms with Crippen LogP contribution < -0.4 is 10.5 Å². The second-order valence-electron chi connectivity index (χ2n) is 3.82. The number of nitrogens with two attached hydrogens (primary N) is 1. The first-order chi connectivity index (χ1) is 8.59. The lowest BCUT2D eigenvalue weighted by Crippen LogP contribution is -2.12. The van der Waals surface area contributed by atoms with Gasteiger partial charge in [0.25, 0.3) is 0 Å². The second kappa shape index (κ2) is 5.14. The quantitative estimate of drug-likeness (QED) is 0.910. The Balaban J connectivity index is 2.46. The summed E-state index contributed by atoms with van der Waals surface area (Å²) in [6.45, 7) is -1.07. The Labute approximate surface area is 103 Å². The van der Waals surface area contributed by atoms with Gasteiger partial charge in [-0.05, 0) is 19.1 Å². The van der Waals surface area contributed by atoms with E-state index in [0.717, 1.165) is 5.69 Å². The molecule has 6 heteroatoms. The number of rotatable bonds is 4. The van der Waals surface area contributed by atoms with Crippen molar-refractivity contribution in [1.29, 1.82) is 0 Å². The van der Waals surface area contributed by atoms with E-state index in [2.05, 4.69) is 9.72 Å². The molecule has 0 amide bonds. The summed E-state index contributed by atoms with van der Waals surface area (Å²) in [5.74, 6) is 0.0902. The van der Waals surface area contributed by atoms with Gasteiger partial charge in [0, 0.05) is 6.04 Å². The second-order valence-corrected chi connectivity index (χ2v) is 3.82. The molecular weight excluding hydrogens is 240 g/mol. The van der Waals surface area contributed by atoms with Crippen LogP contribution in [0.25, 0.3) is 5.69 Å². The summed E-state index contributed by atoms with van der Waals surface area (Å²) < 4.78 is 30.8. The average Bonchev–Trinajstić information content (AvgIpc) is 2.77. The summed E-state index contributed by atoms with van der Waals surface area (Å²) in [5.41, 5.74) is 7.01. The maximum Gasteiger partial charge on any atom is 0.387 e. The molecule has 0 aliphatic carbocycles. The number of hydrogen-bond donors (Lipinski definition) is 1. The molecule has 2 rings (SSSR count). The number of benzene rings is 1. The molecule has 1 aromatic carbocycles. The van der Waals surface area contributed by atoms with Crippen molar-refractivity contribution in [2.45, 2.75) is 19.6 Å². The van der Waals surface area contributed by atoms with Gasteiger partial charge in [0.05, 0.1) is 23.9 Å². The Morgan fingerprint density at radius 1 is 1.33 bits per heavy atom. The van der Waals surface area contributed by atoms with Gasteiger partial charge in [0.15, 0.2) is 0 Å². The van der Waals surface area contributed by atoms with Gasteiger partial charge < -0.3 is 10.5 Å². The molecule has 2 aromatic rings. The highest BCUT2D eigenvalue weighted by Gasteiger charge is 2.14. The summed E-state index contributed by atoms with van der Waals surface area (Å²) in [6, 6.07) is 6.26. The fourth-order valence-corrected chi connectivity index (χ4v) is 1.70. The number of imidazole rings is 1. The van der Waals surface area contributed by atoms with Crippen LogP contribution in [0.2, 0.25) is 0 Å². The molecule has 0 unspecified atom stereocenters. The number of aromatic nitrogens is 2. The summed E-state index contributed by atoms with van der Waals surface area (Å²) in [7, 11) is 0. The predicted molar refractivity (Wildman–Crippen MR) is 62.8 cm³/mol. The zero-order valence-corrected chi connectivity index (χ0v) is 9.75. The third-order valence-corrected chi connectivity index (χ3v) is 2.47. The van der Waals surface area contributed by atoms with E-state index in [-0.39, 0.29) is 11.8 Å². The molecule has 0 fully saturated rings. The molecule has 4 nitrogen and oxygen atoms in total. The van der Waals surface area contributed by atoms with Crippen molar-refractivity contribution >= 4 is 0 Å². The number of ether oxygens (including phenoxy) is 1. The van der Waals surface area contributed by atoms with E-state index < -0.39 is 6.61 Å². The number of nitrogens with zero attached hydrogens (tertiary/aromatic N) is 2. The third-order valence-electron chi connectivity index (χ3n) is 2.47. The van der Waals surface area contributed by atoms with Crippen LogP contribution in [0.3, 0.4) is 0 Å². The fourth-order valence-electron chi connectivity index (χ4n) is 1.70. The Kier molecular flexibility index (Phi) is 3.57. The Morgan fingerprint density at radius 2 is 2.06 bits per heavy atom. The van der Waals surface area contributed by atoms with E-state index in [1.165, 1.54) is 12.4 Å². The maximum atomic E-state index is 12.3. The Hall–Kier alpha value is -1.95. The van der Waals surface area contributed by atoms with Crippen LogP contribution in [-0.4, -0.2) is 16.2 Å². The van der Waals surface area contributed by atoms with Crippen LogP contribution in [0.1, 0.15) is 18.7 Å². The Bertz CT molecular complexity index is 526. The first-order valence-corrected chi connectivity index (χ1v) is 5.41. The zero-order valence-electron chi connectivity index (χ0n) is 9.75. The first-order valence-electron chi connectivity index (χ1n) is 5.41. The van der Waals surface area contributed by atoms with Crippen LogP contribution in [0, 0.1) is 0 Å². The van der Waals surface area contributed by atoms with Gasteiger partial charge in [-0.1, -0.05) is 12.1 Å². The van der Waals surface area contributed by atoms with Crippen LogP contribution >= 0.6 is 0 Å². The molecule has 0 spiro atoms. The molecule has 0 bridgehead atoms. The maximum absolute atomic E-state index is 12.3. The van der Waals surface area contributed by atoms with Crippen LogP contribution in [0.15, 0.2) is 36.8 Å². The molecule has 0 aliphatic heterocycles. The van der Waals surface area contributed by atoms with E-state index in [4.69, 9.17) is 5.73 Å². The number of alkyl halides is 2. The highest BCUT2D eigenvalue weighted by molar-refractivity contribution is 5.47. The van der Waals surface area contributed by atoms with Crippen molar-refractivity contribution in [3.8, 4) is 11.4 Å². The summed E-state index contributed by atoms with van der Waals surface area (Å²) in [4.78, 5) is 3.98. The Morgan fingerprint density at radius 3 is 2.72 bits per heavy atom. The molecular formula is C12H13F2N3O. The number of hydrogen-bond acceptors (Lipinski definition) is 3. The molecule has 0 saturated heterocycles. The van der Waals surface area contributed by atoms with Crippen molar-refractivity contribution in [1.82, 2.24) is 9.55 Å². The molecule has 0 radical (unpaired) electrons. The topological polar surface area (TPSA) is 53.1 Å². The lowest BCUT2D eigenvalue weighted by Gasteiger charge is -2.14. The highest BCUT2D eigenvalue weighted by Crippen LogP contribution is 2.26. The molecule has 18 heavy (non-hydrogen) atoms. The van der Waals surface area contributed by atoms with Gasteiger partial charge in [-0.15, -0.1) is 0 Å². The van der Waals surface area contributed by atoms with Gasteiger partial charge in [-0.2, -0.15) is 8.78 Å². The lowest BCUT2D eigenvalue weighted by atomic mass is 10.2. The third kappa shape index (κ3) is 2.48. The molecule has 2 N–H and O–H groups in total. The van der Waals surface area contributed by atoms with E-state index >= 15 is 0 Å². The van der Waals surface area contributed by atoms with Gasteiger partial charge in [0.1, 0.15) is 5.75 Å². The van der Waals surface area contributed by atoms with E-state index in [1.54, 1.807) is 35.9 Å². The minimum absolute atomic E-state index is 0.0902. The molecule has 0 aliphatic rings. The van der Waals surface area contributed by atoms with Crippen molar-refractivity contribution < 1.29 is 13.5 Å². The fraction of sp³-hybridized carbons (Fsp3) is 0.250. The molecule has 96 valence electrons. The summed E-state index contributed by atoms with van der Waals surface area (Å²) in [5, 5.41) is 0. The minimum atomic E-state index is -2.87. The minimum Gasteiger partial charge on any atom is -0.433 e. The zero-order chi connectivity index (χ0) is 13.1. The van der Waals surface area contributed by atoms with Crippen molar-refractivity contribution in [3.63, 3.8) is 0 Å². The standard InChI is InChI=1S/C12H13F2N3O/c1-8(15)10-6-16-7-17(10)9-4-2-3-5-11(9)18-12(13)14/h2-8,12H,15H2,1H3/t8-/m1/s1.